The van der Waals surface area contributed by atoms with E-state index in [1.807, 2.05) is 44.2 Å². The van der Waals surface area contributed by atoms with Crippen LogP contribution in [0.15, 0.2) is 30.3 Å². The van der Waals surface area contributed by atoms with Crippen molar-refractivity contribution in [3.05, 3.63) is 35.9 Å². The highest BCUT2D eigenvalue weighted by molar-refractivity contribution is 5.92. The second-order valence-electron chi connectivity index (χ2n) is 8.78. The van der Waals surface area contributed by atoms with E-state index in [9.17, 15) is 24.0 Å². The Kier molecular flexibility index (Phi) is 18.2. The highest BCUT2D eigenvalue weighted by Gasteiger charge is 2.21. The van der Waals surface area contributed by atoms with E-state index in [1.54, 1.807) is 0 Å². The lowest BCUT2D eigenvalue weighted by Gasteiger charge is -2.18. The standard InChI is InChI=1S/C25H38N4O5.C2H6/c1-18(2)10-6-4-9-13-22(31)26-16-23(32)27-17-24(33)29-21(25(34)28-15-19(3)30)14-20-11-7-5-8-12-20;1-2/h5,7-8,11-12,18,21H,4,6,9-10,13-17H2,1-3H3,(H,26,31)(H,27,32)(H,28,34)(H,29,33);1-2H3. The van der Waals surface area contributed by atoms with Crippen LogP contribution in [0.4, 0.5) is 0 Å². The van der Waals surface area contributed by atoms with Crippen molar-refractivity contribution in [2.24, 2.45) is 5.92 Å². The lowest BCUT2D eigenvalue weighted by atomic mass is 10.0. The maximum Gasteiger partial charge on any atom is 0.243 e. The van der Waals surface area contributed by atoms with E-state index < -0.39 is 23.8 Å². The molecule has 4 N–H and O–H groups in total. The molecule has 0 aliphatic carbocycles. The number of hydrogen-bond acceptors (Lipinski definition) is 5. The predicted octanol–water partition coefficient (Wildman–Crippen LogP) is 2.28. The first kappa shape index (κ1) is 32.8. The van der Waals surface area contributed by atoms with Gasteiger partial charge in [-0.3, -0.25) is 24.0 Å². The Balaban J connectivity index is 0.00000596. The second kappa shape index (κ2) is 20.0. The van der Waals surface area contributed by atoms with Crippen molar-refractivity contribution in [1.29, 1.82) is 0 Å². The zero-order valence-electron chi connectivity index (χ0n) is 22.4. The van der Waals surface area contributed by atoms with Gasteiger partial charge >= 0.3 is 0 Å². The van der Waals surface area contributed by atoms with Crippen LogP contribution in [0.25, 0.3) is 0 Å². The Hall–Kier alpha value is -3.23. The van der Waals surface area contributed by atoms with Crippen LogP contribution in [0.3, 0.4) is 0 Å². The molecule has 1 aromatic carbocycles. The van der Waals surface area contributed by atoms with Gasteiger partial charge in [-0.15, -0.1) is 0 Å². The van der Waals surface area contributed by atoms with Gasteiger partial charge in [0.05, 0.1) is 19.6 Å². The van der Waals surface area contributed by atoms with Gasteiger partial charge in [-0.25, -0.2) is 0 Å². The number of amides is 4. The Morgan fingerprint density at radius 1 is 0.750 bits per heavy atom. The van der Waals surface area contributed by atoms with Crippen LogP contribution in [0.1, 0.15) is 72.3 Å². The average Bonchev–Trinajstić information content (AvgIpc) is 2.85. The van der Waals surface area contributed by atoms with Gasteiger partial charge in [-0.1, -0.05) is 77.3 Å². The molecular weight excluding hydrogens is 460 g/mol. The predicted molar refractivity (Wildman–Crippen MR) is 141 cm³/mol. The van der Waals surface area contributed by atoms with Crippen molar-refractivity contribution in [2.75, 3.05) is 19.6 Å². The number of hydrogen-bond donors (Lipinski definition) is 4. The monoisotopic (exact) mass is 504 g/mol. The van der Waals surface area contributed by atoms with Crippen LogP contribution in [-0.4, -0.2) is 55.1 Å². The quantitative estimate of drug-likeness (QED) is 0.256. The van der Waals surface area contributed by atoms with Crippen LogP contribution >= 0.6 is 0 Å². The number of carbonyl (C=O) groups is 5. The Morgan fingerprint density at radius 2 is 1.36 bits per heavy atom. The molecule has 1 rings (SSSR count). The smallest absolute Gasteiger partial charge is 0.243 e. The molecule has 0 bridgehead atoms. The summed E-state index contributed by atoms with van der Waals surface area (Å²) in [7, 11) is 0. The van der Waals surface area contributed by atoms with E-state index in [0.717, 1.165) is 31.2 Å². The molecule has 9 nitrogen and oxygen atoms in total. The van der Waals surface area contributed by atoms with Crippen molar-refractivity contribution < 1.29 is 24.0 Å². The number of nitrogens with one attached hydrogen (secondary N) is 4. The van der Waals surface area contributed by atoms with Crippen LogP contribution in [0, 0.1) is 5.92 Å². The summed E-state index contributed by atoms with van der Waals surface area (Å²) < 4.78 is 0. The fraction of sp³-hybridized carbons (Fsp3) is 0.593. The number of Topliss-reactive ketones (excluding diaryl/α,β-unsaturated/α-hetero) is 1. The molecule has 0 aliphatic heterocycles. The minimum atomic E-state index is -0.901. The fourth-order valence-electron chi connectivity index (χ4n) is 3.16. The zero-order valence-corrected chi connectivity index (χ0v) is 22.4. The lowest BCUT2D eigenvalue weighted by molar-refractivity contribution is -0.130. The molecule has 202 valence electrons. The molecule has 1 aromatic rings. The van der Waals surface area contributed by atoms with Crippen LogP contribution in [0.5, 0.6) is 0 Å². The van der Waals surface area contributed by atoms with Gasteiger partial charge in [0, 0.05) is 12.8 Å². The van der Waals surface area contributed by atoms with Crippen molar-refractivity contribution in [1.82, 2.24) is 21.3 Å². The third-order valence-corrected chi connectivity index (χ3v) is 5.02. The molecule has 0 aliphatic rings. The topological polar surface area (TPSA) is 133 Å². The third-order valence-electron chi connectivity index (χ3n) is 5.02. The molecule has 0 heterocycles. The highest BCUT2D eigenvalue weighted by Crippen LogP contribution is 2.09. The molecule has 0 radical (unpaired) electrons. The van der Waals surface area contributed by atoms with Gasteiger partial charge in [0.25, 0.3) is 0 Å². The van der Waals surface area contributed by atoms with E-state index in [4.69, 9.17) is 0 Å². The van der Waals surface area contributed by atoms with E-state index in [0.29, 0.717) is 12.3 Å². The summed E-state index contributed by atoms with van der Waals surface area (Å²) in [5.74, 6) is -1.29. The van der Waals surface area contributed by atoms with Gasteiger partial charge in [-0.2, -0.15) is 0 Å². The van der Waals surface area contributed by atoms with E-state index in [2.05, 4.69) is 35.1 Å². The van der Waals surface area contributed by atoms with Gasteiger partial charge < -0.3 is 21.3 Å². The Labute approximate surface area is 215 Å². The van der Waals surface area contributed by atoms with Gasteiger partial charge in [0.15, 0.2) is 0 Å². The number of unbranched alkanes of at least 4 members (excludes halogenated alkanes) is 2. The van der Waals surface area contributed by atoms with Crippen molar-refractivity contribution >= 4 is 29.4 Å². The van der Waals surface area contributed by atoms with E-state index in [-0.39, 0.29) is 37.7 Å². The van der Waals surface area contributed by atoms with Gasteiger partial charge in [-0.05, 0) is 24.8 Å². The minimum absolute atomic E-state index is 0.131. The molecular formula is C27H44N4O5. The third kappa shape index (κ3) is 17.2. The van der Waals surface area contributed by atoms with Crippen LogP contribution in [0.2, 0.25) is 0 Å². The molecule has 1 unspecified atom stereocenters. The average molecular weight is 505 g/mol. The summed E-state index contributed by atoms with van der Waals surface area (Å²) >= 11 is 0. The number of carbonyl (C=O) groups excluding carboxylic acids is 5. The SMILES string of the molecule is CC.CC(=O)CNC(=O)C(Cc1ccccc1)NC(=O)CNC(=O)CNC(=O)CCCCCC(C)C. The zero-order chi connectivity index (χ0) is 27.3. The molecule has 9 heteroatoms. The molecule has 0 saturated carbocycles. The number of benzene rings is 1. The maximum atomic E-state index is 12.5. The molecule has 4 amide bonds. The summed E-state index contributed by atoms with van der Waals surface area (Å²) in [6.45, 7) is 9.00. The normalized spacial score (nSPS) is 10.9. The van der Waals surface area contributed by atoms with E-state index >= 15 is 0 Å². The molecule has 0 saturated heterocycles. The molecule has 0 spiro atoms. The highest BCUT2D eigenvalue weighted by atomic mass is 16.2. The van der Waals surface area contributed by atoms with Gasteiger partial charge in [0.1, 0.15) is 11.8 Å². The lowest BCUT2D eigenvalue weighted by Crippen LogP contribution is -2.51. The largest absolute Gasteiger partial charge is 0.347 e. The van der Waals surface area contributed by atoms with Crippen molar-refractivity contribution in [2.45, 2.75) is 79.2 Å². The Morgan fingerprint density at radius 3 is 1.97 bits per heavy atom. The summed E-state index contributed by atoms with van der Waals surface area (Å²) in [5, 5.41) is 10.1. The summed E-state index contributed by atoms with van der Waals surface area (Å²) in [4.78, 5) is 59.8. The first-order chi connectivity index (χ1) is 17.2. The molecule has 0 aromatic heterocycles. The first-order valence-corrected chi connectivity index (χ1v) is 12.8. The minimum Gasteiger partial charge on any atom is -0.347 e. The van der Waals surface area contributed by atoms with Crippen LogP contribution in [-0.2, 0) is 30.4 Å². The molecule has 1 atom stereocenters. The fourth-order valence-corrected chi connectivity index (χ4v) is 3.16. The summed E-state index contributed by atoms with van der Waals surface area (Å²) in [6.07, 6.45) is 4.56. The number of ketones is 1. The van der Waals surface area contributed by atoms with Crippen molar-refractivity contribution in [3.8, 4) is 0 Å². The van der Waals surface area contributed by atoms with Crippen molar-refractivity contribution in [3.63, 3.8) is 0 Å². The first-order valence-electron chi connectivity index (χ1n) is 12.8. The van der Waals surface area contributed by atoms with Gasteiger partial charge in [0.2, 0.25) is 23.6 Å². The second-order valence-corrected chi connectivity index (χ2v) is 8.78. The van der Waals surface area contributed by atoms with Crippen LogP contribution < -0.4 is 21.3 Å². The molecule has 0 fully saturated rings. The maximum absolute atomic E-state index is 12.5. The summed E-state index contributed by atoms with van der Waals surface area (Å²) in [5.41, 5.74) is 0.835. The summed E-state index contributed by atoms with van der Waals surface area (Å²) in [6, 6.07) is 8.23. The number of rotatable bonds is 16. The van der Waals surface area contributed by atoms with E-state index in [1.165, 1.54) is 6.92 Å². The molecule has 36 heavy (non-hydrogen) atoms. The Bertz CT molecular complexity index is 812.